The molecule has 34 heavy (non-hydrogen) atoms. The monoisotopic (exact) mass is 555 g/mol. The maximum atomic E-state index is 14.5. The van der Waals surface area contributed by atoms with E-state index in [4.69, 9.17) is 0 Å². The third-order valence-electron chi connectivity index (χ3n) is 7.05. The molecular formula is C24H24BrF2NO5S. The molecule has 1 saturated heterocycles. The number of nitrogens with zero attached hydrogens (tertiary/aromatic N) is 1. The molecule has 6 nitrogen and oxygen atoms in total. The summed E-state index contributed by atoms with van der Waals surface area (Å²) in [5, 5.41) is 9.21. The lowest BCUT2D eigenvalue weighted by molar-refractivity contribution is -0.145. The van der Waals surface area contributed by atoms with Crippen LogP contribution in [0.3, 0.4) is 0 Å². The second-order valence-electron chi connectivity index (χ2n) is 8.98. The van der Waals surface area contributed by atoms with E-state index in [0.29, 0.717) is 25.7 Å². The van der Waals surface area contributed by atoms with Gasteiger partial charge in [-0.1, -0.05) is 6.07 Å². The summed E-state index contributed by atoms with van der Waals surface area (Å²) in [4.78, 5) is 25.9. The number of rotatable bonds is 5. The molecule has 1 saturated carbocycles. The van der Waals surface area contributed by atoms with Gasteiger partial charge in [-0.2, -0.15) is 0 Å². The second-order valence-corrected chi connectivity index (χ2v) is 12.1. The van der Waals surface area contributed by atoms with Gasteiger partial charge in [0.1, 0.15) is 16.4 Å². The highest BCUT2D eigenvalue weighted by Gasteiger charge is 2.53. The first kappa shape index (κ1) is 24.8. The molecule has 182 valence electrons. The summed E-state index contributed by atoms with van der Waals surface area (Å²) in [5.74, 6) is -3.12. The third-order valence-corrected chi connectivity index (χ3v) is 10.2. The summed E-state index contributed by atoms with van der Waals surface area (Å²) in [6.07, 6.45) is 1.71. The Labute approximate surface area is 205 Å². The van der Waals surface area contributed by atoms with Gasteiger partial charge < -0.3 is 10.0 Å². The van der Waals surface area contributed by atoms with Crippen molar-refractivity contribution < 1.29 is 31.9 Å². The van der Waals surface area contributed by atoms with Gasteiger partial charge >= 0.3 is 5.97 Å². The summed E-state index contributed by atoms with van der Waals surface area (Å²) >= 11 is 3.09. The molecule has 2 fully saturated rings. The van der Waals surface area contributed by atoms with E-state index >= 15 is 0 Å². The Morgan fingerprint density at radius 1 is 1.00 bits per heavy atom. The highest BCUT2D eigenvalue weighted by Crippen LogP contribution is 2.45. The minimum absolute atomic E-state index is 0.0595. The lowest BCUT2D eigenvalue weighted by Crippen LogP contribution is -2.42. The van der Waals surface area contributed by atoms with Crippen LogP contribution in [0, 0.1) is 23.5 Å². The number of hydrogen-bond donors (Lipinski definition) is 1. The quantitative estimate of drug-likeness (QED) is 0.547. The fourth-order valence-electron chi connectivity index (χ4n) is 5.04. The van der Waals surface area contributed by atoms with Crippen LogP contribution < -0.4 is 0 Å². The molecule has 2 aliphatic rings. The minimum atomic E-state index is -4.14. The van der Waals surface area contributed by atoms with Gasteiger partial charge in [-0.25, -0.2) is 17.2 Å². The van der Waals surface area contributed by atoms with Gasteiger partial charge in [-0.3, -0.25) is 9.59 Å². The van der Waals surface area contributed by atoms with Crippen molar-refractivity contribution in [3.05, 3.63) is 64.1 Å². The summed E-state index contributed by atoms with van der Waals surface area (Å²) in [7, 11) is -4.14. The Morgan fingerprint density at radius 2 is 1.62 bits per heavy atom. The molecule has 1 amide bonds. The molecule has 0 radical (unpaired) electrons. The van der Waals surface area contributed by atoms with Crippen LogP contribution in [0.4, 0.5) is 8.78 Å². The van der Waals surface area contributed by atoms with Crippen LogP contribution in [-0.4, -0.2) is 43.4 Å². The zero-order chi connectivity index (χ0) is 24.7. The summed E-state index contributed by atoms with van der Waals surface area (Å²) in [6.45, 7) is 0.00126. The van der Waals surface area contributed by atoms with E-state index in [1.807, 2.05) is 0 Å². The second kappa shape index (κ2) is 9.37. The highest BCUT2D eigenvalue weighted by atomic mass is 79.9. The van der Waals surface area contributed by atoms with E-state index in [-0.39, 0.29) is 46.3 Å². The normalized spacial score (nSPS) is 25.3. The number of aliphatic carboxylic acids is 1. The maximum Gasteiger partial charge on any atom is 0.306 e. The topological polar surface area (TPSA) is 91.8 Å². The van der Waals surface area contributed by atoms with E-state index in [1.165, 1.54) is 29.2 Å². The zero-order valence-electron chi connectivity index (χ0n) is 18.2. The highest BCUT2D eigenvalue weighted by molar-refractivity contribution is 9.10. The van der Waals surface area contributed by atoms with Gasteiger partial charge in [-0.15, -0.1) is 0 Å². The molecule has 1 aliphatic carbocycles. The number of carboxylic acid groups (broad SMARTS) is 1. The minimum Gasteiger partial charge on any atom is -0.481 e. The van der Waals surface area contributed by atoms with Crippen molar-refractivity contribution in [3.63, 3.8) is 0 Å². The predicted molar refractivity (Wildman–Crippen MR) is 124 cm³/mol. The number of carbonyl (C=O) groups is 2. The molecule has 0 unspecified atom stereocenters. The lowest BCUT2D eigenvalue weighted by atomic mass is 9.81. The molecule has 0 spiro atoms. The standard InChI is InChI=1S/C24H24BrF2NO5S/c25-20-10-5-17(13-21(20)27)24(34(32,33)19-8-6-18(26)7-9-19)11-12-28(14-24)22(29)15-1-3-16(4-2-15)23(30)31/h5-10,13,15-16H,1-4,11-12,14H2,(H,30,31)/t15-,16-,24-/m0/s1. The summed E-state index contributed by atoms with van der Waals surface area (Å²) < 4.78 is 54.3. The Balaban J connectivity index is 1.68. The van der Waals surface area contributed by atoms with Crippen molar-refractivity contribution in [2.24, 2.45) is 11.8 Å². The van der Waals surface area contributed by atoms with Crippen LogP contribution in [0.5, 0.6) is 0 Å². The third kappa shape index (κ3) is 4.37. The fraction of sp³-hybridized carbons (Fsp3) is 0.417. The molecular weight excluding hydrogens is 532 g/mol. The molecule has 1 aliphatic heterocycles. The van der Waals surface area contributed by atoms with Crippen molar-refractivity contribution >= 4 is 37.6 Å². The molecule has 0 bridgehead atoms. The first-order valence-corrected chi connectivity index (χ1v) is 13.3. The number of halogens is 3. The van der Waals surface area contributed by atoms with Crippen LogP contribution in [-0.2, 0) is 24.2 Å². The lowest BCUT2D eigenvalue weighted by Gasteiger charge is -2.32. The van der Waals surface area contributed by atoms with Crippen molar-refractivity contribution in [2.45, 2.75) is 41.7 Å². The largest absolute Gasteiger partial charge is 0.481 e. The fourth-order valence-corrected chi connectivity index (χ4v) is 7.36. The molecule has 1 N–H and O–H groups in total. The number of hydrogen-bond acceptors (Lipinski definition) is 4. The molecule has 4 rings (SSSR count). The summed E-state index contributed by atoms with van der Waals surface area (Å²) in [6, 6.07) is 8.60. The zero-order valence-corrected chi connectivity index (χ0v) is 20.6. The molecule has 1 atom stereocenters. The first-order chi connectivity index (χ1) is 16.0. The van der Waals surface area contributed by atoms with Gasteiger partial charge in [0.05, 0.1) is 15.3 Å². The van der Waals surface area contributed by atoms with Crippen LogP contribution in [0.25, 0.3) is 0 Å². The Hall–Kier alpha value is -2.33. The Morgan fingerprint density at radius 3 is 2.21 bits per heavy atom. The Kier molecular flexibility index (Phi) is 6.83. The first-order valence-electron chi connectivity index (χ1n) is 11.0. The smallest absolute Gasteiger partial charge is 0.306 e. The van der Waals surface area contributed by atoms with Gasteiger partial charge in [-0.05, 0) is 90.0 Å². The van der Waals surface area contributed by atoms with E-state index in [9.17, 15) is 31.9 Å². The van der Waals surface area contributed by atoms with Gasteiger partial charge in [0.15, 0.2) is 9.84 Å². The van der Waals surface area contributed by atoms with Crippen molar-refractivity contribution in [1.82, 2.24) is 4.90 Å². The van der Waals surface area contributed by atoms with E-state index in [2.05, 4.69) is 15.9 Å². The Bertz CT molecular complexity index is 1210. The average Bonchev–Trinajstić information content (AvgIpc) is 3.28. The predicted octanol–water partition coefficient (Wildman–Crippen LogP) is 4.52. The van der Waals surface area contributed by atoms with E-state index < -0.39 is 38.1 Å². The number of carboxylic acids is 1. The molecule has 2 aromatic carbocycles. The van der Waals surface area contributed by atoms with Crippen LogP contribution in [0.2, 0.25) is 0 Å². The van der Waals surface area contributed by atoms with Crippen LogP contribution in [0.15, 0.2) is 51.8 Å². The molecule has 10 heteroatoms. The average molecular weight is 556 g/mol. The van der Waals surface area contributed by atoms with E-state index in [1.54, 1.807) is 0 Å². The van der Waals surface area contributed by atoms with Crippen molar-refractivity contribution in [3.8, 4) is 0 Å². The molecule has 1 heterocycles. The van der Waals surface area contributed by atoms with Crippen LogP contribution >= 0.6 is 15.9 Å². The molecule has 0 aromatic heterocycles. The van der Waals surface area contributed by atoms with Gasteiger partial charge in [0.2, 0.25) is 5.91 Å². The SMILES string of the molecule is O=C(O)[C@H]1CC[C@H](C(=O)N2CC[C@](c3ccc(Br)c(F)c3)(S(=O)(=O)c3ccc(F)cc3)C2)CC1. The number of sulfone groups is 1. The van der Waals surface area contributed by atoms with Gasteiger partial charge in [0.25, 0.3) is 0 Å². The van der Waals surface area contributed by atoms with Crippen LogP contribution in [0.1, 0.15) is 37.7 Å². The van der Waals surface area contributed by atoms with Crippen molar-refractivity contribution in [1.29, 1.82) is 0 Å². The maximum absolute atomic E-state index is 14.5. The number of likely N-dealkylation sites (tertiary alicyclic amines) is 1. The van der Waals surface area contributed by atoms with Crippen molar-refractivity contribution in [2.75, 3.05) is 13.1 Å². The number of carbonyl (C=O) groups excluding carboxylic acids is 1. The van der Waals surface area contributed by atoms with Gasteiger partial charge in [0, 0.05) is 19.0 Å². The number of amides is 1. The van der Waals surface area contributed by atoms with E-state index in [0.717, 1.165) is 18.2 Å². The molecule has 2 aromatic rings. The summed E-state index contributed by atoms with van der Waals surface area (Å²) in [5.41, 5.74) is 0.224. The number of benzene rings is 2.